The molecule has 26 heavy (non-hydrogen) atoms. The van der Waals surface area contributed by atoms with Crippen LogP contribution in [0.2, 0.25) is 0 Å². The second-order valence-corrected chi connectivity index (χ2v) is 6.07. The van der Waals surface area contributed by atoms with Crippen LogP contribution in [0.4, 0.5) is 11.4 Å². The van der Waals surface area contributed by atoms with Gasteiger partial charge in [0, 0.05) is 42.6 Å². The van der Waals surface area contributed by atoms with Crippen LogP contribution < -0.4 is 4.90 Å². The maximum Gasteiger partial charge on any atom is 0.278 e. The molecule has 1 heterocycles. The molecule has 0 spiro atoms. The zero-order valence-electron chi connectivity index (χ0n) is 14.6. The number of aromatic nitrogens is 1. The first-order valence-electron chi connectivity index (χ1n) is 8.30. The molecule has 0 radical (unpaired) electrons. The van der Waals surface area contributed by atoms with E-state index in [9.17, 15) is 15.4 Å². The number of hydrogen-bond donors (Lipinski definition) is 0. The van der Waals surface area contributed by atoms with Crippen LogP contribution >= 0.6 is 0 Å². The summed E-state index contributed by atoms with van der Waals surface area (Å²) in [5, 5.41) is 21.9. The first kappa shape index (κ1) is 17.4. The lowest BCUT2D eigenvalue weighted by molar-refractivity contribution is -0.383. The van der Waals surface area contributed by atoms with Crippen LogP contribution in [0.5, 0.6) is 0 Å². The largest absolute Gasteiger partial charge is 0.370 e. The molecule has 1 aromatic heterocycles. The van der Waals surface area contributed by atoms with Gasteiger partial charge in [0.05, 0.1) is 15.9 Å². The van der Waals surface area contributed by atoms with Crippen LogP contribution in [-0.2, 0) is 13.0 Å². The number of rotatable bonds is 5. The zero-order valence-corrected chi connectivity index (χ0v) is 14.6. The van der Waals surface area contributed by atoms with E-state index in [4.69, 9.17) is 0 Å². The van der Waals surface area contributed by atoms with Crippen molar-refractivity contribution in [3.8, 4) is 6.07 Å². The smallest absolute Gasteiger partial charge is 0.278 e. The van der Waals surface area contributed by atoms with Gasteiger partial charge in [0.2, 0.25) is 0 Å². The van der Waals surface area contributed by atoms with Crippen LogP contribution in [0, 0.1) is 21.4 Å². The van der Waals surface area contributed by atoms with Crippen LogP contribution in [0.25, 0.3) is 10.8 Å². The zero-order chi connectivity index (χ0) is 18.7. The number of nitro groups is 1. The third-order valence-corrected chi connectivity index (χ3v) is 4.39. The molecule has 0 aliphatic rings. The highest BCUT2D eigenvalue weighted by Gasteiger charge is 2.19. The first-order chi connectivity index (χ1) is 12.5. The van der Waals surface area contributed by atoms with Crippen molar-refractivity contribution in [1.29, 1.82) is 5.26 Å². The molecule has 0 aliphatic carbocycles. The van der Waals surface area contributed by atoms with Crippen LogP contribution in [-0.4, -0.2) is 17.0 Å². The van der Waals surface area contributed by atoms with Crippen molar-refractivity contribution in [2.24, 2.45) is 0 Å². The van der Waals surface area contributed by atoms with E-state index in [1.807, 2.05) is 24.1 Å². The Morgan fingerprint density at radius 1 is 1.27 bits per heavy atom. The Morgan fingerprint density at radius 2 is 2.08 bits per heavy atom. The van der Waals surface area contributed by atoms with E-state index in [-0.39, 0.29) is 5.69 Å². The van der Waals surface area contributed by atoms with Crippen LogP contribution in [0.15, 0.2) is 48.7 Å². The van der Waals surface area contributed by atoms with Crippen LogP contribution in [0.1, 0.15) is 23.7 Å². The lowest BCUT2D eigenvalue weighted by atomic mass is 10.0. The van der Waals surface area contributed by atoms with Crippen molar-refractivity contribution in [1.82, 2.24) is 4.98 Å². The van der Waals surface area contributed by atoms with Gasteiger partial charge in [-0.15, -0.1) is 0 Å². The molecule has 0 unspecified atom stereocenters. The molecule has 0 atom stereocenters. The maximum atomic E-state index is 11.4. The summed E-state index contributed by atoms with van der Waals surface area (Å²) in [6, 6.07) is 14.5. The highest BCUT2D eigenvalue weighted by molar-refractivity contribution is 6.03. The van der Waals surface area contributed by atoms with Crippen molar-refractivity contribution in [2.75, 3.05) is 11.9 Å². The minimum Gasteiger partial charge on any atom is -0.370 e. The summed E-state index contributed by atoms with van der Waals surface area (Å²) in [5.41, 5.74) is 3.24. The molecular weight excluding hydrogens is 328 g/mol. The van der Waals surface area contributed by atoms with E-state index < -0.39 is 4.92 Å². The summed E-state index contributed by atoms with van der Waals surface area (Å²) in [6.45, 7) is 2.70. The second-order valence-electron chi connectivity index (χ2n) is 6.07. The molecule has 130 valence electrons. The second kappa shape index (κ2) is 7.19. The Labute approximate surface area is 151 Å². The molecule has 0 saturated carbocycles. The molecule has 3 aromatic rings. The van der Waals surface area contributed by atoms with Gasteiger partial charge in [-0.25, -0.2) is 0 Å². The Bertz CT molecular complexity index is 1020. The molecule has 6 nitrogen and oxygen atoms in total. The van der Waals surface area contributed by atoms with Gasteiger partial charge in [-0.3, -0.25) is 15.1 Å². The predicted octanol–water partition coefficient (Wildman–Crippen LogP) is 4.21. The SMILES string of the molecule is CCc1cc(CN(C)c2ccc([N+](=O)[O-])c3c(C#N)cccc23)ccn1. The van der Waals surface area contributed by atoms with Crippen molar-refractivity contribution in [2.45, 2.75) is 19.9 Å². The average Bonchev–Trinajstić information content (AvgIpc) is 2.66. The number of fused-ring (bicyclic) bond motifs is 1. The fourth-order valence-corrected chi connectivity index (χ4v) is 3.13. The number of anilines is 1. The van der Waals surface area contributed by atoms with E-state index in [2.05, 4.69) is 24.0 Å². The van der Waals surface area contributed by atoms with Gasteiger partial charge >= 0.3 is 0 Å². The molecule has 0 N–H and O–H groups in total. The van der Waals surface area contributed by atoms with E-state index in [0.717, 1.165) is 23.4 Å². The minimum atomic E-state index is -0.441. The molecule has 0 fully saturated rings. The van der Waals surface area contributed by atoms with Gasteiger partial charge in [0.25, 0.3) is 5.69 Å². The molecule has 0 saturated heterocycles. The van der Waals surface area contributed by atoms with Crippen molar-refractivity contribution in [3.05, 3.63) is 75.6 Å². The molecule has 3 rings (SSSR count). The topological polar surface area (TPSA) is 83.1 Å². The number of nitro benzene ring substituents is 1. The predicted molar refractivity (Wildman–Crippen MR) is 101 cm³/mol. The van der Waals surface area contributed by atoms with Gasteiger partial charge in [0.15, 0.2) is 0 Å². The average molecular weight is 346 g/mol. The number of hydrogen-bond acceptors (Lipinski definition) is 5. The van der Waals surface area contributed by atoms with Gasteiger partial charge in [0.1, 0.15) is 6.07 Å². The lowest BCUT2D eigenvalue weighted by Gasteiger charge is -2.22. The normalized spacial score (nSPS) is 10.5. The number of pyridine rings is 1. The van der Waals surface area contributed by atoms with Crippen molar-refractivity contribution >= 4 is 22.1 Å². The minimum absolute atomic E-state index is 0.0496. The standard InChI is InChI=1S/C20H18N4O2/c1-3-16-11-14(9-10-22-16)13-23(2)18-7-8-19(24(25)26)20-15(12-21)5-4-6-17(18)20/h4-11H,3,13H2,1-2H3. The molecular formula is C20H18N4O2. The van der Waals surface area contributed by atoms with Crippen molar-refractivity contribution in [3.63, 3.8) is 0 Å². The number of nitrogens with zero attached hydrogens (tertiary/aromatic N) is 4. The Balaban J connectivity index is 2.09. The Kier molecular flexibility index (Phi) is 4.81. The van der Waals surface area contributed by atoms with E-state index in [1.54, 1.807) is 24.4 Å². The fourth-order valence-electron chi connectivity index (χ4n) is 3.13. The highest BCUT2D eigenvalue weighted by Crippen LogP contribution is 2.35. The molecule has 6 heteroatoms. The summed E-state index contributed by atoms with van der Waals surface area (Å²) in [6.07, 6.45) is 2.66. The third-order valence-electron chi connectivity index (χ3n) is 4.39. The van der Waals surface area contributed by atoms with Gasteiger partial charge in [-0.1, -0.05) is 19.1 Å². The summed E-state index contributed by atoms with van der Waals surface area (Å²) in [5.74, 6) is 0. The summed E-state index contributed by atoms with van der Waals surface area (Å²) in [4.78, 5) is 17.3. The maximum absolute atomic E-state index is 11.4. The number of non-ortho nitro benzene ring substituents is 1. The van der Waals surface area contributed by atoms with E-state index in [0.29, 0.717) is 22.9 Å². The van der Waals surface area contributed by atoms with Gasteiger partial charge in [-0.05, 0) is 36.2 Å². The molecule has 0 bridgehead atoms. The van der Waals surface area contributed by atoms with Gasteiger partial charge < -0.3 is 4.90 Å². The third kappa shape index (κ3) is 3.20. The fraction of sp³-hybridized carbons (Fsp3) is 0.200. The van der Waals surface area contributed by atoms with E-state index >= 15 is 0 Å². The van der Waals surface area contributed by atoms with Crippen molar-refractivity contribution < 1.29 is 4.92 Å². The lowest BCUT2D eigenvalue weighted by Crippen LogP contribution is -2.17. The monoisotopic (exact) mass is 346 g/mol. The highest BCUT2D eigenvalue weighted by atomic mass is 16.6. The molecule has 0 amide bonds. The Morgan fingerprint density at radius 3 is 2.77 bits per heavy atom. The summed E-state index contributed by atoms with van der Waals surface area (Å²) in [7, 11) is 1.94. The Hall–Kier alpha value is -3.46. The summed E-state index contributed by atoms with van der Waals surface area (Å²) >= 11 is 0. The van der Waals surface area contributed by atoms with E-state index in [1.165, 1.54) is 6.07 Å². The molecule has 2 aromatic carbocycles. The summed E-state index contributed by atoms with van der Waals surface area (Å²) < 4.78 is 0. The number of nitriles is 1. The number of aryl methyl sites for hydroxylation is 1. The van der Waals surface area contributed by atoms with Gasteiger partial charge in [-0.2, -0.15) is 5.26 Å². The quantitative estimate of drug-likeness (QED) is 0.510. The molecule has 0 aliphatic heterocycles. The number of benzene rings is 2. The van der Waals surface area contributed by atoms with Crippen LogP contribution in [0.3, 0.4) is 0 Å². The first-order valence-corrected chi connectivity index (χ1v) is 8.30.